The second-order valence-corrected chi connectivity index (χ2v) is 10.0. The van der Waals surface area contributed by atoms with Crippen LogP contribution in [0.1, 0.15) is 5.56 Å². The maximum atomic E-state index is 14.1. The molecule has 0 aliphatic carbocycles. The number of aromatic amines is 2. The third kappa shape index (κ3) is 4.84. The van der Waals surface area contributed by atoms with Gasteiger partial charge in [-0.3, -0.25) is 19.9 Å². The molecule has 0 atom stereocenters. The van der Waals surface area contributed by atoms with E-state index in [0.29, 0.717) is 22.6 Å². The van der Waals surface area contributed by atoms with Gasteiger partial charge < -0.3 is 15.4 Å². The summed E-state index contributed by atoms with van der Waals surface area (Å²) in [6.07, 6.45) is 5.28. The van der Waals surface area contributed by atoms with Gasteiger partial charge in [-0.25, -0.2) is 4.39 Å². The fraction of sp³-hybridized carbons (Fsp3) is 0.0303. The highest BCUT2D eigenvalue weighted by atomic mass is 19.1. The van der Waals surface area contributed by atoms with Crippen LogP contribution in [-0.2, 0) is 11.2 Å². The molecular formula is C33H23FN6O2. The number of carbonyl (C=O) groups is 1. The summed E-state index contributed by atoms with van der Waals surface area (Å²) in [4.78, 5) is 24.9. The molecule has 42 heavy (non-hydrogen) atoms. The van der Waals surface area contributed by atoms with Crippen LogP contribution in [0.3, 0.4) is 0 Å². The summed E-state index contributed by atoms with van der Waals surface area (Å²) in [7, 11) is 0. The molecule has 4 heterocycles. The predicted octanol–water partition coefficient (Wildman–Crippen LogP) is 6.86. The van der Waals surface area contributed by atoms with Gasteiger partial charge in [0.25, 0.3) is 0 Å². The van der Waals surface area contributed by atoms with Crippen molar-refractivity contribution in [1.29, 1.82) is 0 Å². The smallest absolute Gasteiger partial charge is 0.228 e. The first-order chi connectivity index (χ1) is 20.5. The van der Waals surface area contributed by atoms with Crippen LogP contribution in [0.4, 0.5) is 10.1 Å². The summed E-state index contributed by atoms with van der Waals surface area (Å²) in [6, 6.07) is 25.0. The van der Waals surface area contributed by atoms with Crippen LogP contribution in [0.25, 0.3) is 55.6 Å². The largest absolute Gasteiger partial charge is 0.508 e. The Balaban J connectivity index is 1.22. The minimum Gasteiger partial charge on any atom is -0.508 e. The third-order valence-electron chi connectivity index (χ3n) is 7.09. The number of nitrogens with one attached hydrogen (secondary N) is 3. The van der Waals surface area contributed by atoms with Crippen LogP contribution in [0.2, 0.25) is 0 Å². The highest BCUT2D eigenvalue weighted by Crippen LogP contribution is 2.36. The molecule has 0 radical (unpaired) electrons. The van der Waals surface area contributed by atoms with Crippen LogP contribution < -0.4 is 5.32 Å². The van der Waals surface area contributed by atoms with E-state index in [2.05, 4.69) is 30.5 Å². The Kier molecular flexibility index (Phi) is 6.16. The number of phenols is 1. The number of amides is 1. The van der Waals surface area contributed by atoms with E-state index >= 15 is 0 Å². The molecule has 1 amide bonds. The van der Waals surface area contributed by atoms with Crippen molar-refractivity contribution in [2.24, 2.45) is 0 Å². The number of rotatable bonds is 6. The normalized spacial score (nSPS) is 11.3. The van der Waals surface area contributed by atoms with Crippen LogP contribution in [0, 0.1) is 5.82 Å². The average Bonchev–Trinajstić information content (AvgIpc) is 3.61. The number of aromatic nitrogens is 5. The lowest BCUT2D eigenvalue weighted by Gasteiger charge is -2.07. The quantitative estimate of drug-likeness (QED) is 0.179. The maximum absolute atomic E-state index is 14.1. The number of hydrogen-bond donors (Lipinski definition) is 4. The number of phenolic OH excluding ortho intramolecular Hbond substituents is 1. The molecule has 0 aliphatic heterocycles. The monoisotopic (exact) mass is 554 g/mol. The Morgan fingerprint density at radius 1 is 0.857 bits per heavy atom. The van der Waals surface area contributed by atoms with Crippen molar-refractivity contribution in [3.05, 3.63) is 115 Å². The van der Waals surface area contributed by atoms with Crippen molar-refractivity contribution in [3.8, 4) is 39.5 Å². The van der Waals surface area contributed by atoms with E-state index in [9.17, 15) is 14.3 Å². The Bertz CT molecular complexity index is 2080. The van der Waals surface area contributed by atoms with Gasteiger partial charge in [-0.05, 0) is 53.1 Å². The molecule has 204 valence electrons. The summed E-state index contributed by atoms with van der Waals surface area (Å²) in [5.74, 6) is -0.775. The minimum absolute atomic E-state index is 0.132. The summed E-state index contributed by atoms with van der Waals surface area (Å²) >= 11 is 0. The summed E-state index contributed by atoms with van der Waals surface area (Å²) in [5.41, 5.74) is 7.33. The van der Waals surface area contributed by atoms with E-state index in [1.165, 1.54) is 6.07 Å². The molecule has 0 saturated carbocycles. The van der Waals surface area contributed by atoms with Gasteiger partial charge in [0.15, 0.2) is 0 Å². The van der Waals surface area contributed by atoms with Crippen molar-refractivity contribution < 1.29 is 14.3 Å². The first-order valence-corrected chi connectivity index (χ1v) is 13.3. The molecule has 4 N–H and O–H groups in total. The van der Waals surface area contributed by atoms with Gasteiger partial charge in [-0.2, -0.15) is 5.10 Å². The zero-order chi connectivity index (χ0) is 28.6. The van der Waals surface area contributed by atoms with E-state index < -0.39 is 5.82 Å². The van der Waals surface area contributed by atoms with Gasteiger partial charge in [-0.15, -0.1) is 0 Å². The maximum Gasteiger partial charge on any atom is 0.228 e. The van der Waals surface area contributed by atoms with E-state index in [0.717, 1.165) is 50.3 Å². The van der Waals surface area contributed by atoms with Crippen LogP contribution >= 0.6 is 0 Å². The third-order valence-corrected chi connectivity index (χ3v) is 7.09. The molecule has 0 fully saturated rings. The molecule has 7 rings (SSSR count). The van der Waals surface area contributed by atoms with Crippen molar-refractivity contribution >= 4 is 33.4 Å². The minimum atomic E-state index is -0.509. The number of pyridine rings is 2. The van der Waals surface area contributed by atoms with Crippen molar-refractivity contribution in [2.75, 3.05) is 5.32 Å². The lowest BCUT2D eigenvalue weighted by Crippen LogP contribution is -2.14. The number of hydrogen-bond acceptors (Lipinski definition) is 5. The molecule has 3 aromatic carbocycles. The van der Waals surface area contributed by atoms with Crippen LogP contribution in [-0.4, -0.2) is 36.2 Å². The van der Waals surface area contributed by atoms with Gasteiger partial charge in [0, 0.05) is 34.1 Å². The molecule has 0 spiro atoms. The first kappa shape index (κ1) is 25.2. The van der Waals surface area contributed by atoms with Gasteiger partial charge in [0.05, 0.1) is 41.4 Å². The highest BCUT2D eigenvalue weighted by molar-refractivity contribution is 6.01. The van der Waals surface area contributed by atoms with Crippen molar-refractivity contribution in [2.45, 2.75) is 6.42 Å². The number of nitrogens with zero attached hydrogens (tertiary/aromatic N) is 3. The van der Waals surface area contributed by atoms with Gasteiger partial charge in [0.2, 0.25) is 5.91 Å². The Labute approximate surface area is 238 Å². The van der Waals surface area contributed by atoms with Crippen LogP contribution in [0.15, 0.2) is 104 Å². The number of carbonyl (C=O) groups excluding carboxylic acids is 1. The summed E-state index contributed by atoms with van der Waals surface area (Å²) in [5, 5.41) is 22.2. The first-order valence-electron chi connectivity index (χ1n) is 13.3. The van der Waals surface area contributed by atoms with E-state index in [1.54, 1.807) is 24.7 Å². The highest BCUT2D eigenvalue weighted by Gasteiger charge is 2.16. The summed E-state index contributed by atoms with van der Waals surface area (Å²) in [6.45, 7) is 0. The standard InChI is InChI=1S/C33H23FN6O2/c34-22-10-20(12-24(41)13-22)25-7-4-8-28-26(25)14-30(38-28)33-27-15-29(36-18-31(27)39-40-33)21-11-23(17-35-16-21)37-32(42)9-19-5-2-1-3-6-19/h1-8,10-18,38,41H,9H2,(H,37,42)(H,39,40). The van der Waals surface area contributed by atoms with Gasteiger partial charge in [0.1, 0.15) is 17.3 Å². The van der Waals surface area contributed by atoms with E-state index in [4.69, 9.17) is 0 Å². The Hall–Kier alpha value is -5.83. The second-order valence-electron chi connectivity index (χ2n) is 10.0. The zero-order valence-electron chi connectivity index (χ0n) is 22.1. The molecular weight excluding hydrogens is 531 g/mol. The SMILES string of the molecule is O=C(Cc1ccccc1)Nc1cncc(-c2cc3c(-c4cc5c(-c6cc(O)cc(F)c6)cccc5[nH]4)n[nH]c3cn2)c1. The zero-order valence-corrected chi connectivity index (χ0v) is 22.1. The number of aromatic hydroxyl groups is 1. The lowest BCUT2D eigenvalue weighted by molar-refractivity contribution is -0.115. The predicted molar refractivity (Wildman–Crippen MR) is 160 cm³/mol. The number of H-pyrrole nitrogens is 2. The van der Waals surface area contributed by atoms with Gasteiger partial charge >= 0.3 is 0 Å². The number of anilines is 1. The van der Waals surface area contributed by atoms with Crippen molar-refractivity contribution in [1.82, 2.24) is 25.1 Å². The topological polar surface area (TPSA) is 120 Å². The van der Waals surface area contributed by atoms with Crippen LogP contribution in [0.5, 0.6) is 5.75 Å². The van der Waals surface area contributed by atoms with E-state index in [1.807, 2.05) is 66.7 Å². The fourth-order valence-corrected chi connectivity index (χ4v) is 5.18. The average molecular weight is 555 g/mol. The fourth-order valence-electron chi connectivity index (χ4n) is 5.18. The Morgan fingerprint density at radius 2 is 1.74 bits per heavy atom. The summed E-state index contributed by atoms with van der Waals surface area (Å²) < 4.78 is 14.1. The molecule has 0 saturated heterocycles. The molecule has 8 nitrogen and oxygen atoms in total. The van der Waals surface area contributed by atoms with Crippen molar-refractivity contribution in [3.63, 3.8) is 0 Å². The Morgan fingerprint density at radius 3 is 2.60 bits per heavy atom. The molecule has 4 aromatic heterocycles. The lowest BCUT2D eigenvalue weighted by atomic mass is 10.0. The number of fused-ring (bicyclic) bond motifs is 2. The molecule has 0 unspecified atom stereocenters. The van der Waals surface area contributed by atoms with Gasteiger partial charge in [-0.1, -0.05) is 42.5 Å². The molecule has 7 aromatic rings. The number of halogens is 1. The molecule has 0 bridgehead atoms. The van der Waals surface area contributed by atoms with E-state index in [-0.39, 0.29) is 18.1 Å². The molecule has 0 aliphatic rings. The molecule has 9 heteroatoms. The number of benzene rings is 3. The second kappa shape index (κ2) is 10.3.